The van der Waals surface area contributed by atoms with Gasteiger partial charge >= 0.3 is 0 Å². The first-order valence-corrected chi connectivity index (χ1v) is 16.6. The van der Waals surface area contributed by atoms with E-state index in [1.165, 1.54) is 12.2 Å². The van der Waals surface area contributed by atoms with Crippen molar-refractivity contribution < 1.29 is 28.3 Å². The second-order valence-corrected chi connectivity index (χ2v) is 14.7. The Morgan fingerprint density at radius 1 is 0.744 bits per heavy atom. The van der Waals surface area contributed by atoms with Gasteiger partial charge in [0.15, 0.2) is 14.4 Å². The third-order valence-electron chi connectivity index (χ3n) is 5.95. The largest absolute Gasteiger partial charge is 0.410 e. The van der Waals surface area contributed by atoms with Crippen LogP contribution in [0.2, 0.25) is 19.6 Å². The number of amides is 1. The van der Waals surface area contributed by atoms with Crippen molar-refractivity contribution in [1.82, 2.24) is 5.06 Å². The summed E-state index contributed by atoms with van der Waals surface area (Å²) in [5, 5.41) is 1.17. The maximum atomic E-state index is 13.6. The summed E-state index contributed by atoms with van der Waals surface area (Å²) in [6.45, 7) is 7.47. The molecule has 0 bridgehead atoms. The van der Waals surface area contributed by atoms with Crippen molar-refractivity contribution in [3.63, 3.8) is 0 Å². The van der Waals surface area contributed by atoms with Crippen molar-refractivity contribution in [1.29, 1.82) is 0 Å². The minimum Gasteiger partial charge on any atom is -0.410 e. The molecule has 1 amide bonds. The summed E-state index contributed by atoms with van der Waals surface area (Å²) in [6.07, 6.45) is -2.32. The molecule has 0 N–H and O–H groups in total. The molecule has 3 aromatic rings. The van der Waals surface area contributed by atoms with Gasteiger partial charge in [0.1, 0.15) is 6.10 Å². The zero-order valence-electron chi connectivity index (χ0n) is 23.6. The average molecular weight is 552 g/mol. The summed E-state index contributed by atoms with van der Waals surface area (Å²) in [6, 6.07) is 29.5. The first-order valence-electron chi connectivity index (χ1n) is 13.2. The average Bonchev–Trinajstić information content (AvgIpc) is 2.94. The summed E-state index contributed by atoms with van der Waals surface area (Å²) < 4.78 is 25.6. The molecule has 0 aliphatic carbocycles. The lowest BCUT2D eigenvalue weighted by Gasteiger charge is -2.37. The quantitative estimate of drug-likeness (QED) is 0.170. The van der Waals surface area contributed by atoms with Gasteiger partial charge in [-0.15, -0.1) is 0 Å². The molecule has 3 rings (SSSR count). The van der Waals surface area contributed by atoms with Crippen molar-refractivity contribution in [2.24, 2.45) is 0 Å². The van der Waals surface area contributed by atoms with Gasteiger partial charge in [-0.1, -0.05) is 91.0 Å². The smallest absolute Gasteiger partial charge is 0.277 e. The van der Waals surface area contributed by atoms with Gasteiger partial charge in [-0.3, -0.25) is 9.63 Å². The van der Waals surface area contributed by atoms with E-state index in [-0.39, 0.29) is 25.7 Å². The second-order valence-electron chi connectivity index (χ2n) is 10.3. The highest BCUT2D eigenvalue weighted by Crippen LogP contribution is 2.22. The molecular weight excluding hydrogens is 510 g/mol. The van der Waals surface area contributed by atoms with Gasteiger partial charge in [-0.05, 0) is 36.3 Å². The van der Waals surface area contributed by atoms with Crippen molar-refractivity contribution in [2.75, 3.05) is 20.8 Å². The molecule has 0 aliphatic rings. The Morgan fingerprint density at radius 2 is 1.21 bits per heavy atom. The van der Waals surface area contributed by atoms with Crippen LogP contribution in [0.15, 0.2) is 91.0 Å². The number of carbonyl (C=O) groups is 1. The first kappa shape index (κ1) is 30.7. The number of nitrogens with zero attached hydrogens (tertiary/aromatic N) is 1. The maximum Gasteiger partial charge on any atom is 0.277 e. The summed E-state index contributed by atoms with van der Waals surface area (Å²) in [7, 11) is 0.919. The van der Waals surface area contributed by atoms with Crippen LogP contribution in [-0.2, 0) is 48.1 Å². The topological polar surface area (TPSA) is 66.5 Å². The van der Waals surface area contributed by atoms with E-state index in [4.69, 9.17) is 23.5 Å². The van der Waals surface area contributed by atoms with E-state index in [1.807, 2.05) is 91.0 Å². The van der Waals surface area contributed by atoms with Crippen molar-refractivity contribution in [3.05, 3.63) is 108 Å². The van der Waals surface area contributed by atoms with Crippen molar-refractivity contribution >= 4 is 14.2 Å². The number of hydroxylamine groups is 2. The highest BCUT2D eigenvalue weighted by atomic mass is 28.4. The lowest BCUT2D eigenvalue weighted by molar-refractivity contribution is -0.200. The van der Waals surface area contributed by atoms with E-state index in [1.54, 1.807) is 7.05 Å². The van der Waals surface area contributed by atoms with Crippen LogP contribution in [0.1, 0.15) is 16.7 Å². The molecule has 7 nitrogen and oxygen atoms in total. The van der Waals surface area contributed by atoms with Gasteiger partial charge in [0, 0.05) is 7.05 Å². The molecule has 0 heterocycles. The maximum absolute atomic E-state index is 13.6. The van der Waals surface area contributed by atoms with Crippen LogP contribution in [0.25, 0.3) is 0 Å². The number of benzene rings is 3. The highest BCUT2D eigenvalue weighted by molar-refractivity contribution is 6.69. The molecule has 0 radical (unpaired) electrons. The minimum atomic E-state index is -2.10. The van der Waals surface area contributed by atoms with Crippen molar-refractivity contribution in [3.8, 4) is 0 Å². The molecular formula is C31H41NO6Si. The summed E-state index contributed by atoms with van der Waals surface area (Å²) >= 11 is 0. The highest BCUT2D eigenvalue weighted by Gasteiger charge is 2.40. The summed E-state index contributed by atoms with van der Waals surface area (Å²) in [5.41, 5.74) is 2.98. The second kappa shape index (κ2) is 15.7. The SMILES string of the molecule is CON(C)C(=O)[C@H](OCc1ccccc1)[C@H](OCc1ccccc1)[C@@H](COCc1ccccc1)O[Si](C)(C)C. The van der Waals surface area contributed by atoms with Crippen LogP contribution in [-0.4, -0.2) is 58.4 Å². The van der Waals surface area contributed by atoms with Crippen LogP contribution in [0.5, 0.6) is 0 Å². The zero-order chi connectivity index (χ0) is 28.1. The first-order chi connectivity index (χ1) is 18.8. The fourth-order valence-corrected chi connectivity index (χ4v) is 5.12. The Kier molecular flexibility index (Phi) is 12.3. The molecule has 210 valence electrons. The van der Waals surface area contributed by atoms with Crippen LogP contribution in [0.3, 0.4) is 0 Å². The van der Waals surface area contributed by atoms with E-state index in [0.29, 0.717) is 6.61 Å². The lowest BCUT2D eigenvalue weighted by atomic mass is 10.1. The number of rotatable bonds is 16. The Morgan fingerprint density at radius 3 is 1.67 bits per heavy atom. The zero-order valence-corrected chi connectivity index (χ0v) is 24.6. The Bertz CT molecular complexity index is 1090. The molecule has 0 fully saturated rings. The number of hydrogen-bond donors (Lipinski definition) is 0. The molecule has 3 atom stereocenters. The Labute approximate surface area is 233 Å². The van der Waals surface area contributed by atoms with Gasteiger partial charge in [0.2, 0.25) is 0 Å². The van der Waals surface area contributed by atoms with Gasteiger partial charge in [-0.25, -0.2) is 5.06 Å². The molecule has 8 heteroatoms. The fourth-order valence-electron chi connectivity index (χ4n) is 4.01. The van der Waals surface area contributed by atoms with Crippen LogP contribution in [0.4, 0.5) is 0 Å². The standard InChI is InChI=1S/C31H41NO6Si/c1-32(34-2)31(33)30(37-23-27-19-13-8-14-20-27)29(36-22-26-17-11-7-12-18-26)28(38-39(3,4)5)24-35-21-25-15-9-6-10-16-25/h6-20,28-30H,21-24H2,1-5H3/t28-,29-,30-/m1/s1. The Hall–Kier alpha value is -2.85. The number of carbonyl (C=O) groups excluding carboxylic acids is 1. The third kappa shape index (κ3) is 10.7. The Balaban J connectivity index is 1.91. The molecule has 0 unspecified atom stereocenters. The summed E-state index contributed by atoms with van der Waals surface area (Å²) in [5.74, 6) is -0.362. The minimum absolute atomic E-state index is 0.227. The molecule has 3 aromatic carbocycles. The molecule has 0 aliphatic heterocycles. The molecule has 0 saturated heterocycles. The summed E-state index contributed by atoms with van der Waals surface area (Å²) in [4.78, 5) is 18.9. The molecule has 0 spiro atoms. The van der Waals surface area contributed by atoms with E-state index >= 15 is 0 Å². The van der Waals surface area contributed by atoms with E-state index in [2.05, 4.69) is 19.6 Å². The lowest BCUT2D eigenvalue weighted by Crippen LogP contribution is -2.54. The van der Waals surface area contributed by atoms with Crippen molar-refractivity contribution in [2.45, 2.75) is 57.8 Å². The number of ether oxygens (including phenoxy) is 3. The molecule has 0 aromatic heterocycles. The van der Waals surface area contributed by atoms with Crippen LogP contribution < -0.4 is 0 Å². The third-order valence-corrected chi connectivity index (χ3v) is 6.96. The van der Waals surface area contributed by atoms with Gasteiger partial charge in [-0.2, -0.15) is 0 Å². The molecule has 0 saturated carbocycles. The number of hydrogen-bond acceptors (Lipinski definition) is 6. The monoisotopic (exact) mass is 551 g/mol. The van der Waals surface area contributed by atoms with E-state index in [0.717, 1.165) is 16.7 Å². The predicted molar refractivity (Wildman–Crippen MR) is 154 cm³/mol. The van der Waals surface area contributed by atoms with Crippen LogP contribution in [0, 0.1) is 0 Å². The van der Waals surface area contributed by atoms with Gasteiger partial charge < -0.3 is 18.6 Å². The van der Waals surface area contributed by atoms with Crippen LogP contribution >= 0.6 is 0 Å². The predicted octanol–water partition coefficient (Wildman–Crippen LogP) is 5.61. The normalized spacial score (nSPS) is 14.0. The number of likely N-dealkylation sites (N-methyl/N-ethyl adjacent to an activating group) is 1. The van der Waals surface area contributed by atoms with E-state index in [9.17, 15) is 4.79 Å². The molecule has 39 heavy (non-hydrogen) atoms. The van der Waals surface area contributed by atoms with Gasteiger partial charge in [0.05, 0.1) is 39.6 Å². The van der Waals surface area contributed by atoms with E-state index < -0.39 is 26.6 Å². The fraction of sp³-hybridized carbons (Fsp3) is 0.387. The van der Waals surface area contributed by atoms with Gasteiger partial charge in [0.25, 0.3) is 5.91 Å².